The number of carbonyl (C=O) groups excluding carboxylic acids is 1. The number of ether oxygens (including phenoxy) is 2. The fraction of sp³-hybridized carbons (Fsp3) is 0.667. The van der Waals surface area contributed by atoms with E-state index in [9.17, 15) is 13.6 Å². The van der Waals surface area contributed by atoms with Crippen LogP contribution in [0.5, 0.6) is 0 Å². The molecule has 4 rings (SSSR count). The highest BCUT2D eigenvalue weighted by molar-refractivity contribution is 5.86. The highest BCUT2D eigenvalue weighted by Gasteiger charge is 2.47. The van der Waals surface area contributed by atoms with E-state index in [2.05, 4.69) is 9.97 Å². The molecule has 0 radical (unpaired) electrons. The van der Waals surface area contributed by atoms with Crippen LogP contribution in [-0.4, -0.2) is 40.7 Å². The van der Waals surface area contributed by atoms with Crippen molar-refractivity contribution in [3.05, 3.63) is 29.3 Å². The summed E-state index contributed by atoms with van der Waals surface area (Å²) in [6, 6.07) is 2.69. The summed E-state index contributed by atoms with van der Waals surface area (Å²) < 4.78 is 54.0. The molecule has 1 saturated carbocycles. The predicted octanol–water partition coefficient (Wildman–Crippen LogP) is 4.92. The van der Waals surface area contributed by atoms with E-state index in [1.165, 1.54) is 0 Å². The number of fused-ring (bicyclic) bond motifs is 1. The number of aromatic nitrogens is 2. The molecule has 1 unspecified atom stereocenters. The Morgan fingerprint density at radius 1 is 1.21 bits per heavy atom. The van der Waals surface area contributed by atoms with E-state index in [4.69, 9.17) is 15.2 Å². The van der Waals surface area contributed by atoms with Crippen LogP contribution in [0.3, 0.4) is 0 Å². The Bertz CT molecular complexity index is 1020. The zero-order valence-electron chi connectivity index (χ0n) is 19.3. The second-order valence-electron chi connectivity index (χ2n) is 10.4. The Labute approximate surface area is 191 Å². The summed E-state index contributed by atoms with van der Waals surface area (Å²) >= 11 is 0. The van der Waals surface area contributed by atoms with Gasteiger partial charge in [-0.1, -0.05) is 6.07 Å². The second-order valence-corrected chi connectivity index (χ2v) is 10.4. The number of hydrogen-bond acceptors (Lipinski definition) is 5. The lowest BCUT2D eigenvalue weighted by molar-refractivity contribution is -0.166. The van der Waals surface area contributed by atoms with Gasteiger partial charge < -0.3 is 20.2 Å². The number of benzene rings is 1. The van der Waals surface area contributed by atoms with Crippen LogP contribution in [0.15, 0.2) is 12.1 Å². The summed E-state index contributed by atoms with van der Waals surface area (Å²) in [5.74, 6) is -3.51. The summed E-state index contributed by atoms with van der Waals surface area (Å²) in [4.78, 5) is 20.7. The Kier molecular flexibility index (Phi) is 6.24. The second kappa shape index (κ2) is 8.58. The normalized spacial score (nSPS) is 22.3. The van der Waals surface area contributed by atoms with Crippen molar-refractivity contribution < 1.29 is 27.4 Å². The van der Waals surface area contributed by atoms with Crippen molar-refractivity contribution in [2.24, 2.45) is 11.7 Å². The molecule has 182 valence electrons. The minimum Gasteiger partial charge on any atom is -0.459 e. The molecule has 6 nitrogen and oxygen atoms in total. The van der Waals surface area contributed by atoms with Crippen molar-refractivity contribution >= 4 is 17.0 Å². The lowest BCUT2D eigenvalue weighted by atomic mass is 9.73. The number of hydrogen-bond donors (Lipinski definition) is 2. The maximum atomic E-state index is 15.8. The molecule has 0 spiro atoms. The van der Waals surface area contributed by atoms with Crippen molar-refractivity contribution in [2.45, 2.75) is 82.3 Å². The molecule has 2 fully saturated rings. The van der Waals surface area contributed by atoms with Crippen LogP contribution in [0, 0.1) is 11.7 Å². The van der Waals surface area contributed by atoms with Gasteiger partial charge in [0.1, 0.15) is 22.4 Å². The molecule has 1 aliphatic heterocycles. The third kappa shape index (κ3) is 4.75. The maximum absolute atomic E-state index is 15.8. The Balaban J connectivity index is 1.68. The third-order valence-corrected chi connectivity index (χ3v) is 6.85. The Morgan fingerprint density at radius 2 is 1.85 bits per heavy atom. The average molecular weight is 468 g/mol. The van der Waals surface area contributed by atoms with E-state index in [0.29, 0.717) is 50.2 Å². The van der Waals surface area contributed by atoms with E-state index in [1.54, 1.807) is 32.9 Å². The van der Waals surface area contributed by atoms with Crippen LogP contribution in [0.4, 0.5) is 13.2 Å². The molecular formula is C24H32F3N3O3. The monoisotopic (exact) mass is 467 g/mol. The molecule has 2 heterocycles. The lowest BCUT2D eigenvalue weighted by Gasteiger charge is -2.37. The highest BCUT2D eigenvalue weighted by atomic mass is 19.3. The van der Waals surface area contributed by atoms with Gasteiger partial charge in [-0.05, 0) is 58.4 Å². The predicted molar refractivity (Wildman–Crippen MR) is 117 cm³/mol. The molecule has 0 amide bonds. The number of nitrogens with one attached hydrogen (secondary N) is 1. The van der Waals surface area contributed by atoms with Crippen LogP contribution >= 0.6 is 0 Å². The maximum Gasteiger partial charge on any atom is 0.317 e. The van der Waals surface area contributed by atoms with Gasteiger partial charge in [-0.15, -0.1) is 0 Å². The number of H-pyrrole nitrogens is 1. The number of rotatable bonds is 4. The minimum atomic E-state index is -2.65. The van der Waals surface area contributed by atoms with Crippen LogP contribution in [-0.2, 0) is 19.7 Å². The molecule has 33 heavy (non-hydrogen) atoms. The molecule has 0 bridgehead atoms. The average Bonchev–Trinajstić information content (AvgIpc) is 3.18. The Morgan fingerprint density at radius 3 is 2.45 bits per heavy atom. The number of aromatic amines is 1. The van der Waals surface area contributed by atoms with Gasteiger partial charge in [0.15, 0.2) is 5.82 Å². The smallest absolute Gasteiger partial charge is 0.317 e. The van der Waals surface area contributed by atoms with Crippen LogP contribution < -0.4 is 5.73 Å². The molecule has 2 aliphatic rings. The number of nitrogens with zero attached hydrogens (tertiary/aromatic N) is 1. The first kappa shape index (κ1) is 24.0. The van der Waals surface area contributed by atoms with Crippen LogP contribution in [0.2, 0.25) is 0 Å². The molecule has 9 heteroatoms. The fourth-order valence-electron chi connectivity index (χ4n) is 4.91. The van der Waals surface area contributed by atoms with Gasteiger partial charge in [0, 0.05) is 31.6 Å². The van der Waals surface area contributed by atoms with Crippen molar-refractivity contribution in [3.8, 4) is 0 Å². The van der Waals surface area contributed by atoms with Crippen molar-refractivity contribution in [3.63, 3.8) is 0 Å². The van der Waals surface area contributed by atoms with E-state index >= 15 is 4.39 Å². The van der Waals surface area contributed by atoms with E-state index in [-0.39, 0.29) is 29.8 Å². The van der Waals surface area contributed by atoms with E-state index < -0.39 is 34.8 Å². The fourth-order valence-corrected chi connectivity index (χ4v) is 4.91. The Hall–Kier alpha value is -2.13. The van der Waals surface area contributed by atoms with Crippen molar-refractivity contribution in [1.29, 1.82) is 0 Å². The summed E-state index contributed by atoms with van der Waals surface area (Å²) in [5.41, 5.74) is 5.24. The van der Waals surface area contributed by atoms with E-state index in [1.807, 2.05) is 0 Å². The third-order valence-electron chi connectivity index (χ3n) is 6.85. The standard InChI is InChI=1S/C24H32F3N3O3/c1-22(2,3)33-21(31)23(10-12-32-13-11-23)15-4-5-16-19(17(15)25)30-20(29-16)18(28)14-6-8-24(26,27)9-7-14/h4-5,14,18H,6-13,28H2,1-3H3,(H,29,30). The van der Waals surface area contributed by atoms with Gasteiger partial charge in [0.25, 0.3) is 0 Å². The summed E-state index contributed by atoms with van der Waals surface area (Å²) in [7, 11) is 0. The van der Waals surface area contributed by atoms with Crippen molar-refractivity contribution in [2.75, 3.05) is 13.2 Å². The summed E-state index contributed by atoms with van der Waals surface area (Å²) in [5, 5.41) is 0. The molecule has 2 aromatic rings. The number of halogens is 3. The first-order chi connectivity index (χ1) is 15.4. The first-order valence-corrected chi connectivity index (χ1v) is 11.6. The molecule has 1 saturated heterocycles. The number of imidazole rings is 1. The molecular weight excluding hydrogens is 435 g/mol. The SMILES string of the molecule is CC(C)(C)OC(=O)C1(c2ccc3[nH]c(C(N)C4CCC(F)(F)CC4)nc3c2F)CCOCC1. The zero-order valence-corrected chi connectivity index (χ0v) is 19.3. The minimum absolute atomic E-state index is 0.0912. The van der Waals surface area contributed by atoms with Crippen LogP contribution in [0.1, 0.15) is 76.7 Å². The largest absolute Gasteiger partial charge is 0.459 e. The summed E-state index contributed by atoms with van der Waals surface area (Å²) in [6.45, 7) is 5.97. The van der Waals surface area contributed by atoms with Gasteiger partial charge >= 0.3 is 5.97 Å². The molecule has 1 aromatic heterocycles. The van der Waals surface area contributed by atoms with Gasteiger partial charge in [-0.3, -0.25) is 4.79 Å². The van der Waals surface area contributed by atoms with E-state index in [0.717, 1.165) is 0 Å². The summed E-state index contributed by atoms with van der Waals surface area (Å²) in [6.07, 6.45) is 0.783. The number of esters is 1. The number of carbonyl (C=O) groups is 1. The van der Waals surface area contributed by atoms with Gasteiger partial charge in [0.05, 0.1) is 11.6 Å². The first-order valence-electron chi connectivity index (χ1n) is 11.6. The van der Waals surface area contributed by atoms with Gasteiger partial charge in [0.2, 0.25) is 5.92 Å². The lowest BCUT2D eigenvalue weighted by Crippen LogP contribution is -2.45. The molecule has 1 atom stereocenters. The van der Waals surface area contributed by atoms with Crippen molar-refractivity contribution in [1.82, 2.24) is 9.97 Å². The quantitative estimate of drug-likeness (QED) is 0.623. The molecule has 1 aliphatic carbocycles. The van der Waals surface area contributed by atoms with Gasteiger partial charge in [-0.25, -0.2) is 18.2 Å². The van der Waals surface area contributed by atoms with Crippen LogP contribution in [0.25, 0.3) is 11.0 Å². The molecule has 1 aromatic carbocycles. The highest BCUT2D eigenvalue weighted by Crippen LogP contribution is 2.42. The number of alkyl halides is 2. The topological polar surface area (TPSA) is 90.2 Å². The number of nitrogens with two attached hydrogens (primary N) is 1. The molecule has 3 N–H and O–H groups in total. The van der Waals surface area contributed by atoms with Gasteiger partial charge in [-0.2, -0.15) is 0 Å². The zero-order chi connectivity index (χ0) is 24.0.